The van der Waals surface area contributed by atoms with Crippen LogP contribution in [0.2, 0.25) is 0 Å². The molecule has 0 amide bonds. The van der Waals surface area contributed by atoms with Gasteiger partial charge in [-0.15, -0.1) is 0 Å². The molecule has 0 fully saturated rings. The molecule has 1 atom stereocenters. The van der Waals surface area contributed by atoms with Crippen LogP contribution in [0.5, 0.6) is 5.75 Å². The number of aromatic nitrogens is 1. The van der Waals surface area contributed by atoms with Crippen LogP contribution in [0.4, 0.5) is 0 Å². The van der Waals surface area contributed by atoms with E-state index in [0.717, 1.165) is 36.2 Å². The highest BCUT2D eigenvalue weighted by Crippen LogP contribution is 2.50. The Labute approximate surface area is 111 Å². The maximum absolute atomic E-state index is 12.3. The highest BCUT2D eigenvalue weighted by Gasteiger charge is 2.44. The average Bonchev–Trinajstić information content (AvgIpc) is 2.67. The van der Waals surface area contributed by atoms with Crippen LogP contribution in [0.25, 0.3) is 5.69 Å². The number of aromatic hydroxyl groups is 1. The van der Waals surface area contributed by atoms with E-state index in [9.17, 15) is 9.90 Å². The van der Waals surface area contributed by atoms with Gasteiger partial charge in [0.25, 0.3) is 5.56 Å². The molecule has 0 saturated carbocycles. The molecule has 4 rings (SSSR count). The summed E-state index contributed by atoms with van der Waals surface area (Å²) in [5, 5.41) is 10.1. The van der Waals surface area contributed by atoms with Crippen molar-refractivity contribution < 1.29 is 5.11 Å². The van der Waals surface area contributed by atoms with Gasteiger partial charge in [0.15, 0.2) is 0 Å². The van der Waals surface area contributed by atoms with Gasteiger partial charge in [0.2, 0.25) is 0 Å². The third-order valence-electron chi connectivity index (χ3n) is 4.66. The van der Waals surface area contributed by atoms with Crippen LogP contribution in [-0.2, 0) is 11.8 Å². The largest absolute Gasteiger partial charge is 0.507 e. The van der Waals surface area contributed by atoms with E-state index in [1.165, 1.54) is 11.6 Å². The van der Waals surface area contributed by atoms with Crippen molar-refractivity contribution in [2.75, 3.05) is 0 Å². The molecule has 0 saturated heterocycles. The SMILES string of the molecule is C[C@@]12CCCc3c(O)cc(=O)n(c31)-c1ccccc12. The van der Waals surface area contributed by atoms with E-state index < -0.39 is 0 Å². The van der Waals surface area contributed by atoms with Gasteiger partial charge in [-0.2, -0.15) is 0 Å². The minimum absolute atomic E-state index is 0.130. The Morgan fingerprint density at radius 3 is 2.95 bits per heavy atom. The second kappa shape index (κ2) is 3.29. The first-order valence-corrected chi connectivity index (χ1v) is 6.71. The standard InChI is InChI=1S/C16H15NO2/c1-16-8-4-5-10-13(18)9-14(19)17(15(10)16)12-7-3-2-6-11(12)16/h2-3,6-7,9,18H,4-5,8H2,1H3/t16-/m0/s1. The van der Waals surface area contributed by atoms with Gasteiger partial charge in [0.05, 0.1) is 5.69 Å². The van der Waals surface area contributed by atoms with Gasteiger partial charge in [-0.1, -0.05) is 18.2 Å². The fraction of sp³-hybridized carbons (Fsp3) is 0.312. The van der Waals surface area contributed by atoms with Crippen molar-refractivity contribution in [2.24, 2.45) is 0 Å². The Morgan fingerprint density at radius 1 is 1.32 bits per heavy atom. The first kappa shape index (κ1) is 10.9. The van der Waals surface area contributed by atoms with E-state index in [-0.39, 0.29) is 16.7 Å². The molecule has 1 aliphatic carbocycles. The van der Waals surface area contributed by atoms with Gasteiger partial charge < -0.3 is 5.11 Å². The maximum Gasteiger partial charge on any atom is 0.259 e. The fourth-order valence-electron chi connectivity index (χ4n) is 3.84. The van der Waals surface area contributed by atoms with E-state index in [4.69, 9.17) is 0 Å². The highest BCUT2D eigenvalue weighted by molar-refractivity contribution is 5.61. The first-order valence-electron chi connectivity index (χ1n) is 6.71. The van der Waals surface area contributed by atoms with Crippen LogP contribution in [0, 0.1) is 0 Å². The number of fused-ring (bicyclic) bond motifs is 3. The number of rotatable bonds is 0. The summed E-state index contributed by atoms with van der Waals surface area (Å²) in [5.41, 5.74) is 3.87. The summed E-state index contributed by atoms with van der Waals surface area (Å²) >= 11 is 0. The maximum atomic E-state index is 12.3. The number of para-hydroxylation sites is 1. The van der Waals surface area contributed by atoms with Gasteiger partial charge in [-0.25, -0.2) is 0 Å². The van der Waals surface area contributed by atoms with E-state index in [1.54, 1.807) is 4.57 Å². The zero-order valence-corrected chi connectivity index (χ0v) is 10.8. The van der Waals surface area contributed by atoms with Crippen LogP contribution in [-0.4, -0.2) is 9.67 Å². The van der Waals surface area contributed by atoms with E-state index >= 15 is 0 Å². The Hall–Kier alpha value is -2.03. The van der Waals surface area contributed by atoms with Crippen molar-refractivity contribution >= 4 is 0 Å². The van der Waals surface area contributed by atoms with Crippen molar-refractivity contribution in [3.05, 3.63) is 57.5 Å². The zero-order valence-electron chi connectivity index (χ0n) is 10.8. The van der Waals surface area contributed by atoms with E-state index in [1.807, 2.05) is 18.2 Å². The lowest BCUT2D eigenvalue weighted by molar-refractivity contribution is 0.423. The average molecular weight is 253 g/mol. The molecule has 3 nitrogen and oxygen atoms in total. The lowest BCUT2D eigenvalue weighted by Gasteiger charge is -2.32. The van der Waals surface area contributed by atoms with Crippen LogP contribution in [0.15, 0.2) is 35.1 Å². The molecule has 2 heterocycles. The third kappa shape index (κ3) is 1.15. The molecule has 3 heteroatoms. The predicted molar refractivity (Wildman–Crippen MR) is 73.1 cm³/mol. The fourth-order valence-corrected chi connectivity index (χ4v) is 3.84. The molecule has 0 bridgehead atoms. The Morgan fingerprint density at radius 2 is 2.11 bits per heavy atom. The van der Waals surface area contributed by atoms with Crippen molar-refractivity contribution in [2.45, 2.75) is 31.6 Å². The molecular formula is C16H15NO2. The van der Waals surface area contributed by atoms with Crippen molar-refractivity contribution in [1.29, 1.82) is 0 Å². The molecular weight excluding hydrogens is 238 g/mol. The monoisotopic (exact) mass is 253 g/mol. The number of hydrogen-bond donors (Lipinski definition) is 1. The van der Waals surface area contributed by atoms with Crippen LogP contribution >= 0.6 is 0 Å². The lowest BCUT2D eigenvalue weighted by Crippen LogP contribution is -2.30. The topological polar surface area (TPSA) is 42.2 Å². The second-order valence-corrected chi connectivity index (χ2v) is 5.73. The van der Waals surface area contributed by atoms with Crippen molar-refractivity contribution in [3.8, 4) is 11.4 Å². The number of nitrogens with zero attached hydrogens (tertiary/aromatic N) is 1. The quantitative estimate of drug-likeness (QED) is 0.783. The summed E-state index contributed by atoms with van der Waals surface area (Å²) in [5.74, 6) is 0.162. The summed E-state index contributed by atoms with van der Waals surface area (Å²) in [6.45, 7) is 2.19. The number of pyridine rings is 1. The smallest absolute Gasteiger partial charge is 0.259 e. The summed E-state index contributed by atoms with van der Waals surface area (Å²) in [6.07, 6.45) is 2.93. The minimum atomic E-state index is -0.137. The zero-order chi connectivity index (χ0) is 13.2. The van der Waals surface area contributed by atoms with Crippen LogP contribution in [0.1, 0.15) is 36.6 Å². The summed E-state index contributed by atoms with van der Waals surface area (Å²) in [4.78, 5) is 12.3. The molecule has 1 aliphatic heterocycles. The number of benzene rings is 1. The minimum Gasteiger partial charge on any atom is -0.507 e. The first-order chi connectivity index (χ1) is 9.13. The molecule has 2 aliphatic rings. The van der Waals surface area contributed by atoms with Gasteiger partial charge in [-0.05, 0) is 37.8 Å². The normalized spacial score (nSPS) is 23.0. The third-order valence-corrected chi connectivity index (χ3v) is 4.66. The Kier molecular flexibility index (Phi) is 1.88. The van der Waals surface area contributed by atoms with Crippen molar-refractivity contribution in [3.63, 3.8) is 0 Å². The molecule has 96 valence electrons. The van der Waals surface area contributed by atoms with E-state index in [0.29, 0.717) is 0 Å². The second-order valence-electron chi connectivity index (χ2n) is 5.73. The van der Waals surface area contributed by atoms with Crippen molar-refractivity contribution in [1.82, 2.24) is 4.57 Å². The van der Waals surface area contributed by atoms with Gasteiger partial charge in [-0.3, -0.25) is 9.36 Å². The van der Waals surface area contributed by atoms with E-state index in [2.05, 4.69) is 13.0 Å². The molecule has 2 aromatic rings. The van der Waals surface area contributed by atoms with Gasteiger partial charge >= 0.3 is 0 Å². The predicted octanol–water partition coefficient (Wildman–Crippen LogP) is 2.50. The van der Waals surface area contributed by atoms with Gasteiger partial charge in [0.1, 0.15) is 5.75 Å². The molecule has 0 spiro atoms. The number of hydrogen-bond acceptors (Lipinski definition) is 2. The molecule has 1 aromatic carbocycles. The molecule has 0 unspecified atom stereocenters. The van der Waals surface area contributed by atoms with Crippen LogP contribution < -0.4 is 5.56 Å². The molecule has 1 N–H and O–H groups in total. The summed E-state index contributed by atoms with van der Waals surface area (Å²) in [7, 11) is 0. The van der Waals surface area contributed by atoms with Crippen LogP contribution in [0.3, 0.4) is 0 Å². The Bertz CT molecular complexity index is 760. The molecule has 19 heavy (non-hydrogen) atoms. The molecule has 1 aromatic heterocycles. The highest BCUT2D eigenvalue weighted by atomic mass is 16.3. The lowest BCUT2D eigenvalue weighted by atomic mass is 9.71. The summed E-state index contributed by atoms with van der Waals surface area (Å²) in [6, 6.07) is 9.44. The van der Waals surface area contributed by atoms with Gasteiger partial charge in [0, 0.05) is 22.7 Å². The Balaban J connectivity index is 2.23. The summed E-state index contributed by atoms with van der Waals surface area (Å²) < 4.78 is 1.80. The molecule has 0 radical (unpaired) electrons.